The van der Waals surface area contributed by atoms with Gasteiger partial charge in [-0.15, -0.1) is 0 Å². The van der Waals surface area contributed by atoms with E-state index < -0.39 is 61.0 Å². The van der Waals surface area contributed by atoms with Crippen LogP contribution in [0.25, 0.3) is 0 Å². The maximum Gasteiger partial charge on any atom is 0.407 e. The summed E-state index contributed by atoms with van der Waals surface area (Å²) >= 11 is 0. The molecule has 2 aromatic carbocycles. The Bertz CT molecular complexity index is 1130. The molecule has 0 aromatic heterocycles. The SMILES string of the molecule is O=C(O)C[C@H](NC(=O)[C@@H]1C[C@H](O)CN1C(=O)CNC(=O)OCc1ccccc1)C(=O)OCc1ccccc1. The number of aliphatic hydroxyl groups excluding tert-OH is 1. The average Bonchev–Trinajstić information content (AvgIpc) is 3.31. The molecule has 3 rings (SSSR count). The highest BCUT2D eigenvalue weighted by molar-refractivity contribution is 5.93. The lowest BCUT2D eigenvalue weighted by atomic mass is 10.1. The van der Waals surface area contributed by atoms with Crippen molar-refractivity contribution in [1.29, 1.82) is 0 Å². The fraction of sp³-hybridized carbons (Fsp3) is 0.346. The summed E-state index contributed by atoms with van der Waals surface area (Å²) in [6.07, 6.45) is -2.74. The van der Waals surface area contributed by atoms with Crippen LogP contribution in [0.15, 0.2) is 60.7 Å². The lowest BCUT2D eigenvalue weighted by Gasteiger charge is -2.25. The highest BCUT2D eigenvalue weighted by atomic mass is 16.5. The molecule has 1 aliphatic rings. The van der Waals surface area contributed by atoms with Gasteiger partial charge in [-0.2, -0.15) is 0 Å². The van der Waals surface area contributed by atoms with Crippen LogP contribution in [-0.4, -0.2) is 76.2 Å². The molecule has 1 heterocycles. The molecule has 3 atom stereocenters. The maximum atomic E-state index is 12.9. The third-order valence-corrected chi connectivity index (χ3v) is 5.70. The van der Waals surface area contributed by atoms with Gasteiger partial charge in [-0.05, 0) is 11.1 Å². The molecular weight excluding hydrogens is 498 g/mol. The van der Waals surface area contributed by atoms with Crippen molar-refractivity contribution in [1.82, 2.24) is 15.5 Å². The molecule has 0 saturated carbocycles. The molecule has 1 saturated heterocycles. The first kappa shape index (κ1) is 28.1. The molecule has 4 N–H and O–H groups in total. The molecule has 12 heteroatoms. The summed E-state index contributed by atoms with van der Waals surface area (Å²) in [6, 6.07) is 14.9. The summed E-state index contributed by atoms with van der Waals surface area (Å²) in [5.74, 6) is -3.79. The maximum absolute atomic E-state index is 12.9. The molecule has 0 radical (unpaired) electrons. The van der Waals surface area contributed by atoms with Crippen molar-refractivity contribution in [2.45, 2.75) is 44.2 Å². The van der Waals surface area contributed by atoms with Crippen LogP contribution in [0.2, 0.25) is 0 Å². The third kappa shape index (κ3) is 8.59. The van der Waals surface area contributed by atoms with Crippen LogP contribution in [0, 0.1) is 0 Å². The number of carbonyl (C=O) groups is 5. The lowest BCUT2D eigenvalue weighted by molar-refractivity contribution is -0.153. The number of nitrogens with zero attached hydrogens (tertiary/aromatic N) is 1. The number of β-amino-alcohol motifs (C(OH)–C–C–N with tert-alkyl or cyclic N) is 1. The minimum Gasteiger partial charge on any atom is -0.481 e. The van der Waals surface area contributed by atoms with Gasteiger partial charge >= 0.3 is 18.0 Å². The van der Waals surface area contributed by atoms with Gasteiger partial charge in [0.05, 0.1) is 12.5 Å². The van der Waals surface area contributed by atoms with Crippen molar-refractivity contribution in [2.24, 2.45) is 0 Å². The number of hydrogen-bond donors (Lipinski definition) is 4. The highest BCUT2D eigenvalue weighted by Crippen LogP contribution is 2.19. The third-order valence-electron chi connectivity index (χ3n) is 5.70. The number of rotatable bonds is 11. The number of aliphatic hydroxyl groups is 1. The lowest BCUT2D eigenvalue weighted by Crippen LogP contribution is -2.53. The topological polar surface area (TPSA) is 172 Å². The monoisotopic (exact) mass is 527 g/mol. The Kier molecular flexibility index (Phi) is 10.2. The van der Waals surface area contributed by atoms with Gasteiger partial charge in [0.15, 0.2) is 0 Å². The standard InChI is InChI=1S/C26H29N3O9/c30-19-11-21(29(14-19)22(31)13-27-26(36)38-16-18-9-5-2-6-10-18)24(34)28-20(12-23(32)33)25(35)37-15-17-7-3-1-4-8-17/h1-10,19-21,30H,11-16H2,(H,27,36)(H,28,34)(H,32,33)/t19-,20-,21-/m0/s1. The van der Waals surface area contributed by atoms with Crippen LogP contribution in [0.3, 0.4) is 0 Å². The zero-order valence-corrected chi connectivity index (χ0v) is 20.4. The van der Waals surface area contributed by atoms with E-state index in [2.05, 4.69) is 10.6 Å². The number of alkyl carbamates (subject to hydrolysis) is 1. The summed E-state index contributed by atoms with van der Waals surface area (Å²) in [7, 11) is 0. The first-order valence-corrected chi connectivity index (χ1v) is 11.9. The largest absolute Gasteiger partial charge is 0.481 e. The van der Waals surface area contributed by atoms with E-state index in [0.29, 0.717) is 5.56 Å². The van der Waals surface area contributed by atoms with Gasteiger partial charge in [0, 0.05) is 13.0 Å². The van der Waals surface area contributed by atoms with E-state index in [1.54, 1.807) is 54.6 Å². The fourth-order valence-electron chi connectivity index (χ4n) is 3.83. The zero-order valence-electron chi connectivity index (χ0n) is 20.4. The van der Waals surface area contributed by atoms with Crippen molar-refractivity contribution in [3.63, 3.8) is 0 Å². The van der Waals surface area contributed by atoms with E-state index in [4.69, 9.17) is 9.47 Å². The number of likely N-dealkylation sites (tertiary alicyclic amines) is 1. The van der Waals surface area contributed by atoms with Crippen LogP contribution >= 0.6 is 0 Å². The number of carbonyl (C=O) groups excluding carboxylic acids is 4. The van der Waals surface area contributed by atoms with E-state index in [0.717, 1.165) is 10.5 Å². The smallest absolute Gasteiger partial charge is 0.407 e. The van der Waals surface area contributed by atoms with Gasteiger partial charge in [0.1, 0.15) is 31.8 Å². The Morgan fingerprint density at radius 3 is 2.08 bits per heavy atom. The number of carboxylic acids is 1. The molecule has 2 aromatic rings. The van der Waals surface area contributed by atoms with E-state index in [1.165, 1.54) is 0 Å². The highest BCUT2D eigenvalue weighted by Gasteiger charge is 2.40. The van der Waals surface area contributed by atoms with Crippen LogP contribution in [0.5, 0.6) is 0 Å². The molecular formula is C26H29N3O9. The van der Waals surface area contributed by atoms with Crippen LogP contribution in [0.4, 0.5) is 4.79 Å². The number of aliphatic carboxylic acids is 1. The first-order chi connectivity index (χ1) is 18.2. The van der Waals surface area contributed by atoms with Crippen LogP contribution < -0.4 is 10.6 Å². The predicted molar refractivity (Wildman–Crippen MR) is 131 cm³/mol. The second-order valence-electron chi connectivity index (χ2n) is 8.62. The number of carboxylic acid groups (broad SMARTS) is 1. The van der Waals surface area contributed by atoms with E-state index >= 15 is 0 Å². The molecule has 0 unspecified atom stereocenters. The Balaban J connectivity index is 1.54. The quantitative estimate of drug-likeness (QED) is 0.305. The van der Waals surface area contributed by atoms with Gasteiger partial charge in [0.2, 0.25) is 11.8 Å². The molecule has 202 valence electrons. The first-order valence-electron chi connectivity index (χ1n) is 11.9. The second-order valence-corrected chi connectivity index (χ2v) is 8.62. The number of esters is 1. The normalized spacial score (nSPS) is 17.2. The summed E-state index contributed by atoms with van der Waals surface area (Å²) in [5.41, 5.74) is 1.43. The minimum atomic E-state index is -1.51. The molecule has 0 spiro atoms. The summed E-state index contributed by atoms with van der Waals surface area (Å²) < 4.78 is 10.2. The van der Waals surface area contributed by atoms with Crippen LogP contribution in [-0.2, 0) is 41.9 Å². The summed E-state index contributed by atoms with van der Waals surface area (Å²) in [4.78, 5) is 62.5. The van der Waals surface area contributed by atoms with Crippen molar-refractivity contribution in [3.8, 4) is 0 Å². The van der Waals surface area contributed by atoms with E-state index in [1.807, 2.05) is 6.07 Å². The van der Waals surface area contributed by atoms with Crippen molar-refractivity contribution in [3.05, 3.63) is 71.8 Å². The number of benzene rings is 2. The molecule has 3 amide bonds. The van der Waals surface area contributed by atoms with Crippen molar-refractivity contribution in [2.75, 3.05) is 13.1 Å². The Hall–Kier alpha value is -4.45. The number of hydrogen-bond acceptors (Lipinski definition) is 8. The molecule has 0 bridgehead atoms. The molecule has 12 nitrogen and oxygen atoms in total. The fourth-order valence-corrected chi connectivity index (χ4v) is 3.83. The zero-order chi connectivity index (χ0) is 27.5. The van der Waals surface area contributed by atoms with Gasteiger partial charge < -0.3 is 35.2 Å². The Labute approximate surface area is 218 Å². The number of ether oxygens (including phenoxy) is 2. The number of nitrogens with one attached hydrogen (secondary N) is 2. The van der Waals surface area contributed by atoms with Gasteiger partial charge in [-0.3, -0.25) is 14.4 Å². The Morgan fingerprint density at radius 2 is 1.50 bits per heavy atom. The second kappa shape index (κ2) is 13.7. The Morgan fingerprint density at radius 1 is 0.921 bits per heavy atom. The average molecular weight is 528 g/mol. The molecule has 1 fully saturated rings. The van der Waals surface area contributed by atoms with Crippen LogP contribution in [0.1, 0.15) is 24.0 Å². The molecule has 0 aliphatic carbocycles. The minimum absolute atomic E-state index is 0.000336. The summed E-state index contributed by atoms with van der Waals surface area (Å²) in [5, 5.41) is 23.9. The predicted octanol–water partition coefficient (Wildman–Crippen LogP) is 0.578. The number of amides is 3. The summed E-state index contributed by atoms with van der Waals surface area (Å²) in [6.45, 7) is -0.800. The van der Waals surface area contributed by atoms with Crippen molar-refractivity contribution >= 4 is 29.8 Å². The van der Waals surface area contributed by atoms with Crippen molar-refractivity contribution < 1.29 is 43.7 Å². The van der Waals surface area contributed by atoms with Gasteiger partial charge in [0.25, 0.3) is 0 Å². The molecule has 1 aliphatic heterocycles. The van der Waals surface area contributed by atoms with E-state index in [9.17, 15) is 34.2 Å². The van der Waals surface area contributed by atoms with Gasteiger partial charge in [-0.1, -0.05) is 60.7 Å². The molecule has 38 heavy (non-hydrogen) atoms. The van der Waals surface area contributed by atoms with E-state index in [-0.39, 0.29) is 26.2 Å². The van der Waals surface area contributed by atoms with Gasteiger partial charge in [-0.25, -0.2) is 9.59 Å².